The molecule has 1 saturated heterocycles. The Hall–Kier alpha value is -2.92. The van der Waals surface area contributed by atoms with E-state index in [9.17, 15) is 4.79 Å². The third-order valence-corrected chi connectivity index (χ3v) is 10.9. The van der Waals surface area contributed by atoms with Crippen LogP contribution in [-0.2, 0) is 16.0 Å². The van der Waals surface area contributed by atoms with Crippen molar-refractivity contribution >= 4 is 28.2 Å². The minimum absolute atomic E-state index is 0.334. The lowest BCUT2D eigenvalue weighted by molar-refractivity contribution is -0.135. The van der Waals surface area contributed by atoms with Crippen molar-refractivity contribution in [1.29, 1.82) is 0 Å². The van der Waals surface area contributed by atoms with Crippen LogP contribution in [0.3, 0.4) is 0 Å². The molecule has 2 aromatic carbocycles. The molecular weight excluding hydrogens is 494 g/mol. The molecule has 1 amide bonds. The average Bonchev–Trinajstić information content (AvgIpc) is 3.33. The summed E-state index contributed by atoms with van der Waals surface area (Å²) in [7, 11) is 0. The number of morpholine rings is 1. The molecule has 2 heterocycles. The van der Waals surface area contributed by atoms with Crippen LogP contribution in [0.5, 0.6) is 0 Å². The normalized spacial score (nSPS) is 29.5. The number of anilines is 2. The van der Waals surface area contributed by atoms with Crippen LogP contribution in [-0.4, -0.2) is 42.1 Å². The minimum atomic E-state index is 0.334. The Labute approximate surface area is 238 Å². The van der Waals surface area contributed by atoms with E-state index in [-0.39, 0.29) is 0 Å². The van der Waals surface area contributed by atoms with Crippen LogP contribution in [0.15, 0.2) is 54.7 Å². The van der Waals surface area contributed by atoms with Gasteiger partial charge in [-0.05, 0) is 116 Å². The van der Waals surface area contributed by atoms with Gasteiger partial charge in [0.1, 0.15) is 0 Å². The van der Waals surface area contributed by atoms with Crippen molar-refractivity contribution in [2.45, 2.75) is 70.6 Å². The molecule has 3 fully saturated rings. The number of benzene rings is 2. The van der Waals surface area contributed by atoms with Gasteiger partial charge in [-0.3, -0.25) is 9.78 Å². The molecule has 0 spiro atoms. The number of carbonyl (C=O) groups is 1. The van der Waals surface area contributed by atoms with E-state index in [4.69, 9.17) is 4.74 Å². The van der Waals surface area contributed by atoms with Gasteiger partial charge in [-0.15, -0.1) is 0 Å². The Bertz CT molecular complexity index is 1380. The first-order chi connectivity index (χ1) is 19.6. The third-order valence-electron chi connectivity index (χ3n) is 10.9. The highest BCUT2D eigenvalue weighted by Gasteiger charge is 2.53. The van der Waals surface area contributed by atoms with Gasteiger partial charge in [0.15, 0.2) is 0 Å². The molecule has 40 heavy (non-hydrogen) atoms. The lowest BCUT2D eigenvalue weighted by Gasteiger charge is -2.51. The predicted octanol–water partition coefficient (Wildman–Crippen LogP) is 7.48. The summed E-state index contributed by atoms with van der Waals surface area (Å²) in [6.45, 7) is 5.51. The second-order valence-electron chi connectivity index (χ2n) is 13.2. The Kier molecular flexibility index (Phi) is 7.03. The fourth-order valence-electron chi connectivity index (χ4n) is 9.01. The molecule has 5 heteroatoms. The zero-order valence-electron chi connectivity index (χ0n) is 23.9. The highest BCUT2D eigenvalue weighted by molar-refractivity contribution is 5.82. The summed E-state index contributed by atoms with van der Waals surface area (Å²) in [6.07, 6.45) is 12.8. The fourth-order valence-corrected chi connectivity index (χ4v) is 9.01. The molecule has 0 unspecified atom stereocenters. The summed E-state index contributed by atoms with van der Waals surface area (Å²) in [5.74, 6) is 3.39. The lowest BCUT2D eigenvalue weighted by Crippen LogP contribution is -2.42. The van der Waals surface area contributed by atoms with E-state index >= 15 is 0 Å². The van der Waals surface area contributed by atoms with E-state index in [1.807, 2.05) is 17.2 Å². The number of fused-ring (bicyclic) bond motifs is 6. The van der Waals surface area contributed by atoms with Crippen LogP contribution in [0.1, 0.15) is 75.3 Å². The number of nitrogens with one attached hydrogen (secondary N) is 1. The summed E-state index contributed by atoms with van der Waals surface area (Å²) >= 11 is 0. The van der Waals surface area contributed by atoms with Gasteiger partial charge >= 0.3 is 0 Å². The zero-order chi connectivity index (χ0) is 27.1. The lowest BCUT2D eigenvalue weighted by atomic mass is 9.54. The quantitative estimate of drug-likeness (QED) is 0.354. The van der Waals surface area contributed by atoms with Crippen molar-refractivity contribution in [3.05, 3.63) is 65.9 Å². The Morgan fingerprint density at radius 2 is 1.90 bits per heavy atom. The predicted molar refractivity (Wildman–Crippen MR) is 161 cm³/mol. The fraction of sp³-hybridized carbons (Fsp3) is 0.543. The molecule has 5 nitrogen and oxygen atoms in total. The maximum absolute atomic E-state index is 12.7. The largest absolute Gasteiger partial charge is 0.378 e. The topological polar surface area (TPSA) is 54.5 Å². The number of carbonyl (C=O) groups excluding carboxylic acids is 1. The van der Waals surface area contributed by atoms with E-state index in [1.165, 1.54) is 56.2 Å². The average molecular weight is 538 g/mol. The summed E-state index contributed by atoms with van der Waals surface area (Å²) in [5, 5.41) is 4.79. The van der Waals surface area contributed by atoms with Crippen LogP contribution >= 0.6 is 0 Å². The molecule has 3 aromatic rings. The molecule has 3 aliphatic carbocycles. The van der Waals surface area contributed by atoms with E-state index in [2.05, 4.69) is 59.7 Å². The number of aryl methyl sites for hydroxylation is 1. The third kappa shape index (κ3) is 4.91. The molecule has 0 bridgehead atoms. The van der Waals surface area contributed by atoms with Gasteiger partial charge in [0.05, 0.1) is 30.6 Å². The summed E-state index contributed by atoms with van der Waals surface area (Å²) in [5.41, 5.74) is 6.87. The van der Waals surface area contributed by atoms with Crippen LogP contribution < -0.4 is 5.32 Å². The van der Waals surface area contributed by atoms with Crippen LogP contribution in [0.4, 0.5) is 11.4 Å². The number of ether oxygens (including phenoxy) is 1. The van der Waals surface area contributed by atoms with Crippen molar-refractivity contribution in [3.63, 3.8) is 0 Å². The highest BCUT2D eigenvalue weighted by Crippen LogP contribution is 2.63. The smallest absolute Gasteiger partial charge is 0.222 e. The number of amides is 1. The van der Waals surface area contributed by atoms with Crippen molar-refractivity contribution in [2.75, 3.05) is 31.6 Å². The first kappa shape index (κ1) is 26.0. The van der Waals surface area contributed by atoms with Crippen molar-refractivity contribution in [2.24, 2.45) is 23.2 Å². The first-order valence-electron chi connectivity index (χ1n) is 15.7. The van der Waals surface area contributed by atoms with Gasteiger partial charge in [0.25, 0.3) is 0 Å². The number of hydrogen-bond donors (Lipinski definition) is 1. The number of rotatable bonds is 6. The molecule has 7 rings (SSSR count). The van der Waals surface area contributed by atoms with Gasteiger partial charge < -0.3 is 15.0 Å². The summed E-state index contributed by atoms with van der Waals surface area (Å²) in [6, 6.07) is 17.6. The zero-order valence-corrected chi connectivity index (χ0v) is 23.9. The molecule has 210 valence electrons. The molecular formula is C35H43N3O2. The monoisotopic (exact) mass is 537 g/mol. The maximum atomic E-state index is 12.7. The molecule has 5 atom stereocenters. The second kappa shape index (κ2) is 10.8. The van der Waals surface area contributed by atoms with E-state index in [1.54, 1.807) is 5.56 Å². The molecule has 4 aliphatic rings. The molecule has 1 N–H and O–H groups in total. The highest BCUT2D eigenvalue weighted by atomic mass is 16.5. The van der Waals surface area contributed by atoms with Crippen LogP contribution in [0, 0.1) is 23.2 Å². The SMILES string of the molecule is C[C@@]12CC[C@H](CCCC(=O)N3CCOCC3)[C@H]1[C@@H]1CCc3cc(Nc4cnc5ccccc5c4)ccc3[C@H]1CC2. The van der Waals surface area contributed by atoms with E-state index < -0.39 is 0 Å². The van der Waals surface area contributed by atoms with Crippen LogP contribution in [0.2, 0.25) is 0 Å². The maximum Gasteiger partial charge on any atom is 0.222 e. The van der Waals surface area contributed by atoms with Gasteiger partial charge in [-0.25, -0.2) is 0 Å². The Morgan fingerprint density at radius 3 is 2.80 bits per heavy atom. The molecule has 1 aromatic heterocycles. The number of aromatic nitrogens is 1. The number of nitrogens with zero attached hydrogens (tertiary/aromatic N) is 2. The first-order valence-corrected chi connectivity index (χ1v) is 15.7. The van der Waals surface area contributed by atoms with E-state index in [0.29, 0.717) is 36.9 Å². The molecule has 1 aliphatic heterocycles. The molecule has 0 radical (unpaired) electrons. The Morgan fingerprint density at radius 1 is 1.05 bits per heavy atom. The summed E-state index contributed by atoms with van der Waals surface area (Å²) < 4.78 is 5.43. The Balaban J connectivity index is 1.03. The number of para-hydroxylation sites is 1. The summed E-state index contributed by atoms with van der Waals surface area (Å²) in [4.78, 5) is 19.4. The van der Waals surface area contributed by atoms with E-state index in [0.717, 1.165) is 53.9 Å². The van der Waals surface area contributed by atoms with Gasteiger partial charge in [0, 0.05) is 30.6 Å². The minimum Gasteiger partial charge on any atom is -0.378 e. The number of hydrogen-bond acceptors (Lipinski definition) is 4. The van der Waals surface area contributed by atoms with Crippen LogP contribution in [0.25, 0.3) is 10.9 Å². The van der Waals surface area contributed by atoms with Gasteiger partial charge in [-0.2, -0.15) is 0 Å². The molecule has 2 saturated carbocycles. The standard InChI is InChI=1S/C35H43N3O2/c1-35-15-13-24(6-4-8-33(39)38-17-19-40-20-18-38)34(35)31-11-9-25-21-27(10-12-29(25)30(31)14-16-35)37-28-22-26-5-2-3-7-32(26)36-23-28/h2-3,5,7,10,12,21-24,30-31,34,37H,4,6,8-9,11,13-20H2,1H3/t24-,30+,31+,34-,35-/m0/s1. The van der Waals surface area contributed by atoms with Gasteiger partial charge in [0.2, 0.25) is 5.91 Å². The van der Waals surface area contributed by atoms with Crippen molar-refractivity contribution in [1.82, 2.24) is 9.88 Å². The second-order valence-corrected chi connectivity index (χ2v) is 13.2. The number of pyridine rings is 1. The van der Waals surface area contributed by atoms with Crippen molar-refractivity contribution in [3.8, 4) is 0 Å². The van der Waals surface area contributed by atoms with Crippen molar-refractivity contribution < 1.29 is 9.53 Å². The van der Waals surface area contributed by atoms with Gasteiger partial charge in [-0.1, -0.05) is 31.2 Å².